The Morgan fingerprint density at radius 3 is 2.35 bits per heavy atom. The molecule has 0 saturated heterocycles. The fraction of sp³-hybridized carbons (Fsp3) is 0.783. The Labute approximate surface area is 187 Å². The average Bonchev–Trinajstić information content (AvgIpc) is 3.08. The number of carbonyl (C=O) groups excluding carboxylic acids is 2. The molecule has 1 aromatic rings. The lowest BCUT2D eigenvalue weighted by atomic mass is 9.54. The quantitative estimate of drug-likeness (QED) is 0.628. The van der Waals surface area contributed by atoms with Crippen LogP contribution >= 0.6 is 11.8 Å². The fourth-order valence-corrected chi connectivity index (χ4v) is 7.30. The second-order valence-electron chi connectivity index (χ2n) is 10.8. The van der Waals surface area contributed by atoms with Crippen molar-refractivity contribution in [1.82, 2.24) is 10.5 Å². The van der Waals surface area contributed by atoms with Crippen molar-refractivity contribution in [2.45, 2.75) is 81.4 Å². The van der Waals surface area contributed by atoms with Crippen LogP contribution in [-0.2, 0) is 4.79 Å². The first-order valence-electron chi connectivity index (χ1n) is 11.7. The van der Waals surface area contributed by atoms with E-state index in [1.165, 1.54) is 38.5 Å². The Balaban J connectivity index is 1.32. The zero-order valence-electron chi connectivity index (χ0n) is 18.4. The Morgan fingerprint density at radius 2 is 1.81 bits per heavy atom. The minimum absolute atomic E-state index is 0.0870. The van der Waals surface area contributed by atoms with E-state index in [0.717, 1.165) is 24.7 Å². The first kappa shape index (κ1) is 21.2. The lowest BCUT2D eigenvalue weighted by molar-refractivity contribution is -0.127. The van der Waals surface area contributed by atoms with E-state index in [0.29, 0.717) is 27.9 Å². The van der Waals surface area contributed by atoms with E-state index in [2.05, 4.69) is 10.5 Å². The summed E-state index contributed by atoms with van der Waals surface area (Å²) in [6, 6.07) is 0.241. The first-order valence-corrected chi connectivity index (χ1v) is 12.6. The van der Waals surface area contributed by atoms with Gasteiger partial charge in [-0.3, -0.25) is 9.59 Å². The van der Waals surface area contributed by atoms with Gasteiger partial charge in [0.1, 0.15) is 11.5 Å². The molecule has 4 bridgehead atoms. The van der Waals surface area contributed by atoms with Gasteiger partial charge in [-0.15, -0.1) is 11.8 Å². The number of thioether (sulfide) groups is 1. The van der Waals surface area contributed by atoms with Gasteiger partial charge in [0, 0.05) is 11.3 Å². The third-order valence-electron chi connectivity index (χ3n) is 7.92. The summed E-state index contributed by atoms with van der Waals surface area (Å²) in [6.45, 7) is 3.55. The number of nitrogens with two attached hydrogens (primary N) is 1. The number of nitrogens with one attached hydrogen (secondary N) is 1. The maximum Gasteiger partial charge on any atom is 0.291 e. The van der Waals surface area contributed by atoms with Crippen molar-refractivity contribution < 1.29 is 18.8 Å². The van der Waals surface area contributed by atoms with Gasteiger partial charge in [0.2, 0.25) is 11.7 Å². The van der Waals surface area contributed by atoms with E-state index >= 15 is 0 Å². The van der Waals surface area contributed by atoms with Crippen molar-refractivity contribution in [2.24, 2.45) is 34.8 Å². The Bertz CT molecular complexity index is 835. The zero-order valence-corrected chi connectivity index (χ0v) is 19.2. The van der Waals surface area contributed by atoms with Crippen molar-refractivity contribution in [1.29, 1.82) is 0 Å². The summed E-state index contributed by atoms with van der Waals surface area (Å²) in [5.74, 6) is 2.83. The second kappa shape index (κ2) is 8.01. The van der Waals surface area contributed by atoms with Crippen LogP contribution in [0.4, 0.5) is 0 Å². The topological polar surface area (TPSA) is 107 Å². The predicted octanol–water partition coefficient (Wildman–Crippen LogP) is 3.76. The van der Waals surface area contributed by atoms with Crippen molar-refractivity contribution >= 4 is 23.6 Å². The monoisotopic (exact) mass is 447 g/mol. The van der Waals surface area contributed by atoms with Crippen molar-refractivity contribution in [3.05, 3.63) is 5.76 Å². The lowest BCUT2D eigenvalue weighted by Gasteiger charge is -2.54. The highest BCUT2D eigenvalue weighted by Crippen LogP contribution is 2.54. The summed E-state index contributed by atoms with van der Waals surface area (Å²) in [4.78, 5) is 25.6. The number of aromatic nitrogens is 1. The summed E-state index contributed by atoms with van der Waals surface area (Å²) < 4.78 is 11.4. The Kier molecular flexibility index (Phi) is 5.47. The molecule has 0 aliphatic heterocycles. The fourth-order valence-electron chi connectivity index (χ4n) is 5.96. The highest BCUT2D eigenvalue weighted by atomic mass is 32.2. The van der Waals surface area contributed by atoms with Crippen LogP contribution < -0.4 is 15.8 Å². The van der Waals surface area contributed by atoms with Crippen LogP contribution in [0.5, 0.6) is 5.88 Å². The molecule has 1 aromatic heterocycles. The smallest absolute Gasteiger partial charge is 0.291 e. The maximum absolute atomic E-state index is 13.3. The van der Waals surface area contributed by atoms with Gasteiger partial charge in [0.05, 0.1) is 5.41 Å². The van der Waals surface area contributed by atoms with Crippen molar-refractivity contribution in [3.8, 4) is 5.88 Å². The molecule has 8 heteroatoms. The van der Waals surface area contributed by atoms with Gasteiger partial charge >= 0.3 is 0 Å². The number of hydrogen-bond donors (Lipinski definition) is 2. The third kappa shape index (κ3) is 4.08. The van der Waals surface area contributed by atoms with Crippen LogP contribution in [0.25, 0.3) is 0 Å². The van der Waals surface area contributed by atoms with E-state index in [1.54, 1.807) is 25.6 Å². The van der Waals surface area contributed by atoms with Crippen LogP contribution in [0.1, 0.15) is 75.8 Å². The minimum atomic E-state index is -0.833. The summed E-state index contributed by atoms with van der Waals surface area (Å²) >= 11 is 1.61. The summed E-state index contributed by atoms with van der Waals surface area (Å²) in [7, 11) is 0. The molecule has 7 nitrogen and oxygen atoms in total. The van der Waals surface area contributed by atoms with Crippen LogP contribution in [0, 0.1) is 29.1 Å². The molecule has 5 fully saturated rings. The lowest BCUT2D eigenvalue weighted by Crippen LogP contribution is -2.55. The van der Waals surface area contributed by atoms with Crippen LogP contribution in [0.15, 0.2) is 9.42 Å². The number of amides is 2. The Morgan fingerprint density at radius 1 is 1.16 bits per heavy atom. The van der Waals surface area contributed by atoms with E-state index in [-0.39, 0.29) is 24.3 Å². The first-order chi connectivity index (χ1) is 14.8. The Hall–Kier alpha value is -1.70. The highest BCUT2D eigenvalue weighted by molar-refractivity contribution is 8.00. The SMILES string of the molecule is CC(C)(COc1noc(C(=O)NC2C3CC4CC(C3)CC2C4)c1SC1CCC1)C(N)=O. The van der Waals surface area contributed by atoms with Gasteiger partial charge in [-0.25, -0.2) is 0 Å². The highest BCUT2D eigenvalue weighted by Gasteiger charge is 2.49. The second-order valence-corrected chi connectivity index (χ2v) is 12.1. The molecule has 170 valence electrons. The molecule has 0 aromatic carbocycles. The van der Waals surface area contributed by atoms with Gasteiger partial charge in [-0.05, 0) is 87.6 Å². The molecule has 1 heterocycles. The molecule has 3 N–H and O–H groups in total. The molecule has 6 rings (SSSR count). The molecule has 2 amide bonds. The number of nitrogens with zero attached hydrogens (tertiary/aromatic N) is 1. The van der Waals surface area contributed by atoms with E-state index < -0.39 is 11.3 Å². The number of hydrogen-bond acceptors (Lipinski definition) is 6. The summed E-state index contributed by atoms with van der Waals surface area (Å²) in [5, 5.41) is 7.82. The number of rotatable bonds is 8. The number of ether oxygens (including phenoxy) is 1. The van der Waals surface area contributed by atoms with E-state index in [9.17, 15) is 9.59 Å². The molecule has 31 heavy (non-hydrogen) atoms. The van der Waals surface area contributed by atoms with Crippen LogP contribution in [-0.4, -0.2) is 34.9 Å². The third-order valence-corrected chi connectivity index (χ3v) is 9.32. The maximum atomic E-state index is 13.3. The molecule has 0 unspecified atom stereocenters. The molecule has 0 radical (unpaired) electrons. The molecule has 5 saturated carbocycles. The van der Waals surface area contributed by atoms with E-state index in [1.807, 2.05) is 0 Å². The number of carbonyl (C=O) groups is 2. The normalized spacial score (nSPS) is 32.0. The van der Waals surface area contributed by atoms with Crippen LogP contribution in [0.2, 0.25) is 0 Å². The largest absolute Gasteiger partial charge is 0.474 e. The van der Waals surface area contributed by atoms with E-state index in [4.69, 9.17) is 15.0 Å². The molecule has 0 atom stereocenters. The standard InChI is InChI=1S/C23H33N3O4S/c1-23(2,22(24)28)11-29-21-19(31-16-4-3-5-16)18(30-26-21)20(27)25-17-14-7-12-6-13(9-14)10-15(17)8-12/h12-17H,3-11H2,1-2H3,(H2,24,28)(H,25,27). The van der Waals surface area contributed by atoms with Gasteiger partial charge in [0.15, 0.2) is 0 Å². The number of primary amides is 1. The van der Waals surface area contributed by atoms with Crippen molar-refractivity contribution in [3.63, 3.8) is 0 Å². The molecular formula is C23H33N3O4S. The van der Waals surface area contributed by atoms with Crippen LogP contribution in [0.3, 0.4) is 0 Å². The predicted molar refractivity (Wildman–Crippen MR) is 117 cm³/mol. The van der Waals surface area contributed by atoms with Gasteiger partial charge < -0.3 is 20.3 Å². The average molecular weight is 448 g/mol. The molecular weight excluding hydrogens is 414 g/mol. The minimum Gasteiger partial charge on any atom is -0.474 e. The summed E-state index contributed by atoms with van der Waals surface area (Å²) in [5.41, 5.74) is 4.63. The van der Waals surface area contributed by atoms with Gasteiger partial charge in [-0.2, -0.15) is 0 Å². The summed E-state index contributed by atoms with van der Waals surface area (Å²) in [6.07, 6.45) is 9.78. The molecule has 5 aliphatic carbocycles. The van der Waals surface area contributed by atoms with Gasteiger partial charge in [0.25, 0.3) is 11.8 Å². The van der Waals surface area contributed by atoms with Gasteiger partial charge in [-0.1, -0.05) is 6.42 Å². The molecule has 5 aliphatic rings. The zero-order chi connectivity index (χ0) is 21.8. The van der Waals surface area contributed by atoms with Crippen molar-refractivity contribution in [2.75, 3.05) is 6.61 Å². The molecule has 0 spiro atoms.